The normalized spacial score (nSPS) is 12.2. The average Bonchev–Trinajstić information content (AvgIpc) is 2.73. The van der Waals surface area contributed by atoms with Gasteiger partial charge in [0.25, 0.3) is 5.92 Å². The van der Waals surface area contributed by atoms with Crippen LogP contribution in [0.15, 0.2) is 30.3 Å². The second kappa shape index (κ2) is 4.93. The second-order valence-electron chi connectivity index (χ2n) is 4.89. The van der Waals surface area contributed by atoms with Crippen LogP contribution in [-0.2, 0) is 5.92 Å². The molecule has 0 aliphatic rings. The Morgan fingerprint density at radius 3 is 2.47 bits per heavy atom. The van der Waals surface area contributed by atoms with E-state index in [1.54, 1.807) is 24.3 Å². The standard InChI is InChI=1S/C14H15ClF2N2/c1-9(2)12-8-13(14(3,16)17)18-19(12)11-6-4-5-10(15)7-11/h4-9H,1-3H3. The predicted octanol–water partition coefficient (Wildman–Crippen LogP) is 4.76. The van der Waals surface area contributed by atoms with Crippen LogP contribution in [0.25, 0.3) is 5.69 Å². The summed E-state index contributed by atoms with van der Waals surface area (Å²) in [5, 5.41) is 4.57. The zero-order chi connectivity index (χ0) is 14.2. The van der Waals surface area contributed by atoms with Crippen molar-refractivity contribution in [2.45, 2.75) is 32.6 Å². The van der Waals surface area contributed by atoms with Crippen LogP contribution in [-0.4, -0.2) is 9.78 Å². The van der Waals surface area contributed by atoms with Gasteiger partial charge in [-0.15, -0.1) is 0 Å². The van der Waals surface area contributed by atoms with Crippen LogP contribution in [0.4, 0.5) is 8.78 Å². The molecule has 0 amide bonds. The van der Waals surface area contributed by atoms with Crippen LogP contribution in [0.3, 0.4) is 0 Å². The highest BCUT2D eigenvalue weighted by Gasteiger charge is 2.29. The van der Waals surface area contributed by atoms with Gasteiger partial charge in [0.1, 0.15) is 5.69 Å². The quantitative estimate of drug-likeness (QED) is 0.794. The highest BCUT2D eigenvalue weighted by Crippen LogP contribution is 2.30. The molecule has 102 valence electrons. The Balaban J connectivity index is 2.59. The third kappa shape index (κ3) is 2.95. The van der Waals surface area contributed by atoms with Gasteiger partial charge < -0.3 is 0 Å². The predicted molar refractivity (Wildman–Crippen MR) is 72.2 cm³/mol. The van der Waals surface area contributed by atoms with Gasteiger partial charge in [0.15, 0.2) is 0 Å². The molecule has 2 nitrogen and oxygen atoms in total. The number of benzene rings is 1. The van der Waals surface area contributed by atoms with E-state index < -0.39 is 5.92 Å². The summed E-state index contributed by atoms with van der Waals surface area (Å²) < 4.78 is 28.3. The molecule has 5 heteroatoms. The minimum absolute atomic E-state index is 0.0857. The molecule has 0 bridgehead atoms. The minimum Gasteiger partial charge on any atom is -0.237 e. The molecule has 0 N–H and O–H groups in total. The highest BCUT2D eigenvalue weighted by molar-refractivity contribution is 6.30. The summed E-state index contributed by atoms with van der Waals surface area (Å²) in [6.45, 7) is 4.73. The SMILES string of the molecule is CC(C)c1cc(C(C)(F)F)nn1-c1cccc(Cl)c1. The van der Waals surface area contributed by atoms with Crippen molar-refractivity contribution < 1.29 is 8.78 Å². The van der Waals surface area contributed by atoms with Gasteiger partial charge in [0.2, 0.25) is 0 Å². The fourth-order valence-electron chi connectivity index (χ4n) is 1.84. The van der Waals surface area contributed by atoms with Gasteiger partial charge in [-0.2, -0.15) is 13.9 Å². The van der Waals surface area contributed by atoms with Crippen molar-refractivity contribution >= 4 is 11.6 Å². The second-order valence-corrected chi connectivity index (χ2v) is 5.33. The van der Waals surface area contributed by atoms with E-state index in [-0.39, 0.29) is 11.6 Å². The molecule has 0 spiro atoms. The average molecular weight is 285 g/mol. The maximum atomic E-state index is 13.4. The summed E-state index contributed by atoms with van der Waals surface area (Å²) >= 11 is 5.93. The fraction of sp³-hybridized carbons (Fsp3) is 0.357. The van der Waals surface area contributed by atoms with Crippen LogP contribution in [0.2, 0.25) is 5.02 Å². The van der Waals surface area contributed by atoms with Gasteiger partial charge in [0, 0.05) is 17.6 Å². The Kier molecular flexibility index (Phi) is 3.63. The van der Waals surface area contributed by atoms with Crippen molar-refractivity contribution in [2.24, 2.45) is 0 Å². The van der Waals surface area contributed by atoms with Gasteiger partial charge in [-0.3, -0.25) is 0 Å². The van der Waals surface area contributed by atoms with Gasteiger partial charge in [-0.1, -0.05) is 31.5 Å². The van der Waals surface area contributed by atoms with Crippen LogP contribution < -0.4 is 0 Å². The van der Waals surface area contributed by atoms with Crippen LogP contribution in [0, 0.1) is 0 Å². The molecule has 19 heavy (non-hydrogen) atoms. The molecule has 2 aromatic rings. The molecule has 0 aliphatic heterocycles. The first kappa shape index (κ1) is 14.0. The van der Waals surface area contributed by atoms with E-state index in [1.807, 2.05) is 13.8 Å². The molecule has 0 saturated carbocycles. The number of aromatic nitrogens is 2. The lowest BCUT2D eigenvalue weighted by molar-refractivity contribution is 0.0124. The first-order chi connectivity index (χ1) is 8.79. The molecule has 0 unspecified atom stereocenters. The molecule has 0 radical (unpaired) electrons. The van der Waals surface area contributed by atoms with Gasteiger partial charge in [0.05, 0.1) is 5.69 Å². The third-order valence-corrected chi connectivity index (χ3v) is 3.07. The molecule has 0 saturated heterocycles. The van der Waals surface area contributed by atoms with Crippen molar-refractivity contribution in [1.29, 1.82) is 0 Å². The summed E-state index contributed by atoms with van der Waals surface area (Å²) in [6.07, 6.45) is 0. The van der Waals surface area contributed by atoms with E-state index in [1.165, 1.54) is 10.7 Å². The van der Waals surface area contributed by atoms with Crippen molar-refractivity contribution in [3.8, 4) is 5.69 Å². The molecular formula is C14H15ClF2N2. The maximum absolute atomic E-state index is 13.4. The number of nitrogens with zero attached hydrogens (tertiary/aromatic N) is 2. The number of alkyl halides is 2. The van der Waals surface area contributed by atoms with E-state index in [2.05, 4.69) is 5.10 Å². The van der Waals surface area contributed by atoms with E-state index >= 15 is 0 Å². The lowest BCUT2D eigenvalue weighted by atomic mass is 10.1. The molecule has 1 heterocycles. The maximum Gasteiger partial charge on any atom is 0.288 e. The zero-order valence-corrected chi connectivity index (χ0v) is 11.7. The Morgan fingerprint density at radius 1 is 1.26 bits per heavy atom. The number of halogens is 3. The van der Waals surface area contributed by atoms with Crippen LogP contribution in [0.1, 0.15) is 38.1 Å². The van der Waals surface area contributed by atoms with Gasteiger partial charge >= 0.3 is 0 Å². The van der Waals surface area contributed by atoms with Gasteiger partial charge in [-0.25, -0.2) is 4.68 Å². The van der Waals surface area contributed by atoms with E-state index in [0.29, 0.717) is 10.7 Å². The first-order valence-electron chi connectivity index (χ1n) is 6.03. The van der Waals surface area contributed by atoms with Crippen LogP contribution in [0.5, 0.6) is 0 Å². The van der Waals surface area contributed by atoms with E-state index in [9.17, 15) is 8.78 Å². The third-order valence-electron chi connectivity index (χ3n) is 2.83. The Hall–Kier alpha value is -1.42. The van der Waals surface area contributed by atoms with Crippen molar-refractivity contribution in [1.82, 2.24) is 9.78 Å². The first-order valence-corrected chi connectivity index (χ1v) is 6.41. The zero-order valence-electron chi connectivity index (χ0n) is 11.0. The van der Waals surface area contributed by atoms with Gasteiger partial charge in [-0.05, 0) is 30.2 Å². The highest BCUT2D eigenvalue weighted by atomic mass is 35.5. The lowest BCUT2D eigenvalue weighted by Crippen LogP contribution is -2.09. The number of rotatable bonds is 3. The summed E-state index contributed by atoms with van der Waals surface area (Å²) in [7, 11) is 0. The number of hydrogen-bond acceptors (Lipinski definition) is 1. The van der Waals surface area contributed by atoms with Crippen molar-refractivity contribution in [3.63, 3.8) is 0 Å². The van der Waals surface area contributed by atoms with E-state index in [4.69, 9.17) is 11.6 Å². The Labute approximate surface area is 116 Å². The van der Waals surface area contributed by atoms with Crippen molar-refractivity contribution in [2.75, 3.05) is 0 Å². The molecular weight excluding hydrogens is 270 g/mol. The fourth-order valence-corrected chi connectivity index (χ4v) is 2.02. The summed E-state index contributed by atoms with van der Waals surface area (Å²) in [4.78, 5) is 0. The molecule has 2 rings (SSSR count). The molecule has 1 aromatic heterocycles. The Bertz CT molecular complexity index is 585. The summed E-state index contributed by atoms with van der Waals surface area (Å²) in [5.41, 5.74) is 1.20. The summed E-state index contributed by atoms with van der Waals surface area (Å²) in [6, 6.07) is 8.46. The Morgan fingerprint density at radius 2 is 1.95 bits per heavy atom. The minimum atomic E-state index is -2.95. The largest absolute Gasteiger partial charge is 0.288 e. The number of hydrogen-bond donors (Lipinski definition) is 0. The molecule has 0 fully saturated rings. The topological polar surface area (TPSA) is 17.8 Å². The lowest BCUT2D eigenvalue weighted by Gasteiger charge is -2.10. The smallest absolute Gasteiger partial charge is 0.237 e. The van der Waals surface area contributed by atoms with Crippen LogP contribution >= 0.6 is 11.6 Å². The van der Waals surface area contributed by atoms with Crippen molar-refractivity contribution in [3.05, 3.63) is 46.7 Å². The molecule has 0 aliphatic carbocycles. The molecule has 0 atom stereocenters. The summed E-state index contributed by atoms with van der Waals surface area (Å²) in [5.74, 6) is -2.87. The van der Waals surface area contributed by atoms with E-state index in [0.717, 1.165) is 12.6 Å². The monoisotopic (exact) mass is 284 g/mol. The molecule has 1 aromatic carbocycles.